The highest BCUT2D eigenvalue weighted by Crippen LogP contribution is 2.30. The average molecular weight is 425 g/mol. The molecule has 0 radical (unpaired) electrons. The summed E-state index contributed by atoms with van der Waals surface area (Å²) in [6.45, 7) is 7.66. The molecule has 3 rings (SSSR count). The van der Waals surface area contributed by atoms with Crippen molar-refractivity contribution in [2.45, 2.75) is 52.2 Å². The quantitative estimate of drug-likeness (QED) is 0.740. The van der Waals surface area contributed by atoms with Crippen molar-refractivity contribution in [2.24, 2.45) is 16.6 Å². The van der Waals surface area contributed by atoms with Gasteiger partial charge in [-0.15, -0.1) is 0 Å². The molecule has 1 aliphatic rings. The van der Waals surface area contributed by atoms with Crippen LogP contribution in [0.1, 0.15) is 61.6 Å². The lowest BCUT2D eigenvalue weighted by molar-refractivity contribution is -0.130. The van der Waals surface area contributed by atoms with Crippen LogP contribution < -0.4 is 11.1 Å². The Morgan fingerprint density at radius 2 is 1.90 bits per heavy atom. The van der Waals surface area contributed by atoms with Gasteiger partial charge in [0.05, 0.1) is 24.5 Å². The number of hydrogen-bond acceptors (Lipinski definition) is 4. The molecule has 3 N–H and O–H groups in total. The predicted molar refractivity (Wildman–Crippen MR) is 119 cm³/mol. The lowest BCUT2D eigenvalue weighted by atomic mass is 9.84. The highest BCUT2D eigenvalue weighted by molar-refractivity contribution is 5.99. The van der Waals surface area contributed by atoms with Gasteiger partial charge in [0.15, 0.2) is 5.96 Å². The minimum atomic E-state index is -0.578. The highest BCUT2D eigenvalue weighted by Gasteiger charge is 2.38. The van der Waals surface area contributed by atoms with Crippen LogP contribution in [-0.4, -0.2) is 28.2 Å². The number of carbonyl (C=O) groups is 2. The Bertz CT molecular complexity index is 1010. The number of amides is 2. The van der Waals surface area contributed by atoms with Crippen molar-refractivity contribution in [1.82, 2.24) is 10.2 Å². The first kappa shape index (κ1) is 22.5. The zero-order valence-corrected chi connectivity index (χ0v) is 18.4. The molecule has 1 heterocycles. The summed E-state index contributed by atoms with van der Waals surface area (Å²) in [5.41, 5.74) is 6.97. The molecule has 2 atom stereocenters. The third-order valence-corrected chi connectivity index (χ3v) is 5.98. The minimum absolute atomic E-state index is 0.0689. The zero-order valence-electron chi connectivity index (χ0n) is 18.4. The van der Waals surface area contributed by atoms with E-state index < -0.39 is 11.4 Å². The molecule has 164 valence electrons. The van der Waals surface area contributed by atoms with Crippen molar-refractivity contribution in [3.05, 3.63) is 71.0 Å². The SMILES string of the molecule is CC(C)[C@]1(C)CC(=O)N(Cc2cc(C(=O)N[C@@H](C)c3ccccc3)ccc2F)C(N)=N1. The second kappa shape index (κ2) is 8.88. The first-order valence-electron chi connectivity index (χ1n) is 10.4. The number of aliphatic imine (C=N–C) groups is 1. The van der Waals surface area contributed by atoms with E-state index in [0.717, 1.165) is 5.56 Å². The molecule has 0 spiro atoms. The Morgan fingerprint density at radius 1 is 1.23 bits per heavy atom. The standard InChI is InChI=1S/C24H29FN4O2/c1-15(2)24(4)13-21(30)29(23(26)28-24)14-19-12-18(10-11-20(19)25)22(31)27-16(3)17-8-6-5-7-9-17/h5-12,15-16H,13-14H2,1-4H3,(H2,26,28)(H,27,31)/t16-,24-/m0/s1. The van der Waals surface area contributed by atoms with Gasteiger partial charge in [-0.25, -0.2) is 9.38 Å². The van der Waals surface area contributed by atoms with E-state index in [2.05, 4.69) is 10.3 Å². The number of nitrogens with two attached hydrogens (primary N) is 1. The second-order valence-corrected chi connectivity index (χ2v) is 8.55. The molecule has 31 heavy (non-hydrogen) atoms. The predicted octanol–water partition coefficient (Wildman–Crippen LogP) is 3.78. The van der Waals surface area contributed by atoms with E-state index >= 15 is 0 Å². The normalized spacial score (nSPS) is 19.9. The van der Waals surface area contributed by atoms with Crippen LogP contribution in [0.15, 0.2) is 53.5 Å². The monoisotopic (exact) mass is 424 g/mol. The molecule has 6 nitrogen and oxygen atoms in total. The Labute approximate surface area is 182 Å². The van der Waals surface area contributed by atoms with Crippen molar-refractivity contribution >= 4 is 17.8 Å². The van der Waals surface area contributed by atoms with Gasteiger partial charge in [0.2, 0.25) is 5.91 Å². The topological polar surface area (TPSA) is 87.8 Å². The Morgan fingerprint density at radius 3 is 2.52 bits per heavy atom. The second-order valence-electron chi connectivity index (χ2n) is 8.55. The molecule has 2 aromatic rings. The summed E-state index contributed by atoms with van der Waals surface area (Å²) in [6, 6.07) is 13.5. The fourth-order valence-corrected chi connectivity index (χ4v) is 3.51. The highest BCUT2D eigenvalue weighted by atomic mass is 19.1. The van der Waals surface area contributed by atoms with Crippen molar-refractivity contribution in [1.29, 1.82) is 0 Å². The fraction of sp³-hybridized carbons (Fsp3) is 0.375. The number of hydrogen-bond donors (Lipinski definition) is 2. The van der Waals surface area contributed by atoms with Crippen LogP contribution >= 0.6 is 0 Å². The van der Waals surface area contributed by atoms with E-state index in [9.17, 15) is 14.0 Å². The minimum Gasteiger partial charge on any atom is -0.369 e. The van der Waals surface area contributed by atoms with Gasteiger partial charge in [0.25, 0.3) is 5.91 Å². The van der Waals surface area contributed by atoms with Crippen molar-refractivity contribution in [3.63, 3.8) is 0 Å². The summed E-state index contributed by atoms with van der Waals surface area (Å²) in [6.07, 6.45) is 0.196. The van der Waals surface area contributed by atoms with Crippen LogP contribution in [0, 0.1) is 11.7 Å². The van der Waals surface area contributed by atoms with Crippen LogP contribution in [0.5, 0.6) is 0 Å². The van der Waals surface area contributed by atoms with Gasteiger partial charge in [-0.1, -0.05) is 44.2 Å². The molecule has 1 aliphatic heterocycles. The summed E-state index contributed by atoms with van der Waals surface area (Å²) in [7, 11) is 0. The molecule has 0 unspecified atom stereocenters. The van der Waals surface area contributed by atoms with Crippen LogP contribution in [-0.2, 0) is 11.3 Å². The van der Waals surface area contributed by atoms with Gasteiger partial charge in [-0.3, -0.25) is 14.5 Å². The van der Waals surface area contributed by atoms with E-state index in [4.69, 9.17) is 5.73 Å². The smallest absolute Gasteiger partial charge is 0.251 e. The number of guanidine groups is 1. The summed E-state index contributed by atoms with van der Waals surface area (Å²) in [4.78, 5) is 31.2. The van der Waals surface area contributed by atoms with Crippen LogP contribution in [0.25, 0.3) is 0 Å². The van der Waals surface area contributed by atoms with E-state index in [1.54, 1.807) is 0 Å². The third kappa shape index (κ3) is 4.93. The molecule has 2 aromatic carbocycles. The molecular formula is C24H29FN4O2. The molecular weight excluding hydrogens is 395 g/mol. The molecule has 2 amide bonds. The lowest BCUT2D eigenvalue weighted by Gasteiger charge is -2.37. The number of carbonyl (C=O) groups excluding carboxylic acids is 2. The average Bonchev–Trinajstić information content (AvgIpc) is 2.72. The maximum atomic E-state index is 14.5. The van der Waals surface area contributed by atoms with Crippen LogP contribution in [0.4, 0.5) is 4.39 Å². The first-order valence-corrected chi connectivity index (χ1v) is 10.4. The summed E-state index contributed by atoms with van der Waals surface area (Å²) >= 11 is 0. The molecule has 0 aliphatic carbocycles. The molecule has 0 fully saturated rings. The Kier molecular flexibility index (Phi) is 6.43. The van der Waals surface area contributed by atoms with E-state index in [0.29, 0.717) is 5.56 Å². The van der Waals surface area contributed by atoms with E-state index in [1.165, 1.54) is 23.1 Å². The maximum Gasteiger partial charge on any atom is 0.251 e. The summed E-state index contributed by atoms with van der Waals surface area (Å²) < 4.78 is 14.5. The number of benzene rings is 2. The third-order valence-electron chi connectivity index (χ3n) is 5.98. The van der Waals surface area contributed by atoms with Gasteiger partial charge in [-0.05, 0) is 43.5 Å². The molecule has 0 bridgehead atoms. The lowest BCUT2D eigenvalue weighted by Crippen LogP contribution is -2.51. The molecule has 0 aromatic heterocycles. The van der Waals surface area contributed by atoms with Crippen molar-refractivity contribution < 1.29 is 14.0 Å². The number of halogens is 1. The summed E-state index contributed by atoms with van der Waals surface area (Å²) in [5.74, 6) is -0.843. The van der Waals surface area contributed by atoms with Gasteiger partial charge in [0.1, 0.15) is 5.82 Å². The van der Waals surface area contributed by atoms with Gasteiger partial charge >= 0.3 is 0 Å². The summed E-state index contributed by atoms with van der Waals surface area (Å²) in [5, 5.41) is 2.91. The zero-order chi connectivity index (χ0) is 22.8. The number of nitrogens with one attached hydrogen (secondary N) is 1. The Hall–Kier alpha value is -3.22. The maximum absolute atomic E-state index is 14.5. The van der Waals surface area contributed by atoms with Crippen LogP contribution in [0.2, 0.25) is 0 Å². The number of nitrogens with zero attached hydrogens (tertiary/aromatic N) is 2. The van der Waals surface area contributed by atoms with Crippen LogP contribution in [0.3, 0.4) is 0 Å². The van der Waals surface area contributed by atoms with E-state index in [1.807, 2.05) is 58.0 Å². The van der Waals surface area contributed by atoms with Gasteiger partial charge < -0.3 is 11.1 Å². The van der Waals surface area contributed by atoms with Gasteiger partial charge in [0, 0.05) is 11.1 Å². The van der Waals surface area contributed by atoms with Gasteiger partial charge in [-0.2, -0.15) is 0 Å². The molecule has 0 saturated heterocycles. The molecule has 7 heteroatoms. The Balaban J connectivity index is 1.78. The number of rotatable bonds is 6. The molecule has 0 saturated carbocycles. The van der Waals surface area contributed by atoms with Crippen molar-refractivity contribution in [3.8, 4) is 0 Å². The largest absolute Gasteiger partial charge is 0.369 e. The first-order chi connectivity index (χ1) is 14.6. The van der Waals surface area contributed by atoms with E-state index in [-0.39, 0.29) is 48.3 Å². The fourth-order valence-electron chi connectivity index (χ4n) is 3.51. The van der Waals surface area contributed by atoms with Crippen molar-refractivity contribution in [2.75, 3.05) is 0 Å².